The highest BCUT2D eigenvalue weighted by atomic mass is 35.5. The van der Waals surface area contributed by atoms with Gasteiger partial charge in [-0.05, 0) is 43.2 Å². The first-order valence-corrected chi connectivity index (χ1v) is 8.04. The molecule has 1 aromatic carbocycles. The lowest BCUT2D eigenvalue weighted by atomic mass is 9.97. The third-order valence-electron chi connectivity index (χ3n) is 4.25. The molecule has 0 radical (unpaired) electrons. The van der Waals surface area contributed by atoms with E-state index in [9.17, 15) is 24.6 Å². The number of carboxylic acid groups (broad SMARTS) is 2. The van der Waals surface area contributed by atoms with Crippen LogP contribution >= 0.6 is 11.6 Å². The first-order chi connectivity index (χ1) is 11.7. The van der Waals surface area contributed by atoms with Gasteiger partial charge in [0.1, 0.15) is 0 Å². The standard InChI is InChI=1S/C18H18ClNO5/c1-4-12(17(22)23)15-13(18(24)25)9(2)14(20(15)3)16(21)10-5-7-11(19)8-6-10/h5-8,12H,4H2,1-3H3,(H,22,23)(H,24,25). The predicted molar refractivity (Wildman–Crippen MR) is 92.7 cm³/mol. The summed E-state index contributed by atoms with van der Waals surface area (Å²) in [4.78, 5) is 36.1. The van der Waals surface area contributed by atoms with Crippen molar-refractivity contribution in [3.05, 3.63) is 57.4 Å². The number of ketones is 1. The number of carbonyl (C=O) groups excluding carboxylic acids is 1. The molecule has 0 amide bonds. The molecule has 0 aliphatic rings. The third-order valence-corrected chi connectivity index (χ3v) is 4.51. The molecule has 0 fully saturated rings. The lowest BCUT2D eigenvalue weighted by Crippen LogP contribution is -2.18. The number of carboxylic acids is 2. The van der Waals surface area contributed by atoms with Gasteiger partial charge in [0.05, 0.1) is 17.2 Å². The maximum absolute atomic E-state index is 12.9. The Labute approximate surface area is 149 Å². The zero-order valence-corrected chi connectivity index (χ0v) is 14.8. The smallest absolute Gasteiger partial charge is 0.337 e. The van der Waals surface area contributed by atoms with E-state index in [1.165, 1.54) is 18.5 Å². The second-order valence-electron chi connectivity index (χ2n) is 5.73. The van der Waals surface area contributed by atoms with Crippen LogP contribution < -0.4 is 0 Å². The number of rotatable bonds is 6. The van der Waals surface area contributed by atoms with Gasteiger partial charge < -0.3 is 14.8 Å². The summed E-state index contributed by atoms with van der Waals surface area (Å²) in [5.74, 6) is -3.78. The Bertz CT molecular complexity index is 851. The van der Waals surface area contributed by atoms with Gasteiger partial charge in [0.25, 0.3) is 0 Å². The molecule has 0 saturated heterocycles. The molecule has 1 aromatic heterocycles. The highest BCUT2D eigenvalue weighted by Gasteiger charge is 2.33. The Morgan fingerprint density at radius 2 is 1.72 bits per heavy atom. The second-order valence-corrected chi connectivity index (χ2v) is 6.17. The highest BCUT2D eigenvalue weighted by Crippen LogP contribution is 2.31. The molecule has 6 nitrogen and oxygen atoms in total. The van der Waals surface area contributed by atoms with Crippen LogP contribution in [-0.4, -0.2) is 32.5 Å². The van der Waals surface area contributed by atoms with Crippen molar-refractivity contribution < 1.29 is 24.6 Å². The number of benzene rings is 1. The first kappa shape index (κ1) is 18.7. The van der Waals surface area contributed by atoms with E-state index in [1.54, 1.807) is 31.2 Å². The van der Waals surface area contributed by atoms with Crippen molar-refractivity contribution in [2.75, 3.05) is 0 Å². The van der Waals surface area contributed by atoms with E-state index >= 15 is 0 Å². The van der Waals surface area contributed by atoms with Gasteiger partial charge in [-0.25, -0.2) is 4.79 Å². The van der Waals surface area contributed by atoms with Crippen LogP contribution in [0.3, 0.4) is 0 Å². The largest absolute Gasteiger partial charge is 0.481 e. The van der Waals surface area contributed by atoms with Crippen LogP contribution in [0.1, 0.15) is 56.9 Å². The summed E-state index contributed by atoms with van der Waals surface area (Å²) < 4.78 is 1.39. The van der Waals surface area contributed by atoms with Crippen LogP contribution in [0.2, 0.25) is 5.02 Å². The van der Waals surface area contributed by atoms with Crippen LogP contribution in [0.25, 0.3) is 0 Å². The number of aromatic nitrogens is 1. The molecule has 2 rings (SSSR count). The summed E-state index contributed by atoms with van der Waals surface area (Å²) in [7, 11) is 1.52. The van der Waals surface area contributed by atoms with E-state index in [-0.39, 0.29) is 34.7 Å². The van der Waals surface area contributed by atoms with Gasteiger partial charge in [-0.15, -0.1) is 0 Å². The molecule has 0 aliphatic heterocycles. The number of aliphatic carboxylic acids is 1. The minimum absolute atomic E-state index is 0.123. The quantitative estimate of drug-likeness (QED) is 0.766. The van der Waals surface area contributed by atoms with E-state index < -0.39 is 17.9 Å². The molecule has 1 unspecified atom stereocenters. The predicted octanol–water partition coefficient (Wildman–Crippen LogP) is 3.49. The van der Waals surface area contributed by atoms with E-state index in [2.05, 4.69) is 0 Å². The van der Waals surface area contributed by atoms with Gasteiger partial charge in [0, 0.05) is 23.3 Å². The molecule has 7 heteroatoms. The molecule has 2 N–H and O–H groups in total. The second kappa shape index (κ2) is 7.11. The lowest BCUT2D eigenvalue weighted by Gasteiger charge is -2.14. The van der Waals surface area contributed by atoms with E-state index in [4.69, 9.17) is 11.6 Å². The summed E-state index contributed by atoms with van der Waals surface area (Å²) in [5.41, 5.74) is 0.755. The normalized spacial score (nSPS) is 12.0. The van der Waals surface area contributed by atoms with Gasteiger partial charge in [-0.2, -0.15) is 0 Å². The average molecular weight is 364 g/mol. The first-order valence-electron chi connectivity index (χ1n) is 7.66. The van der Waals surface area contributed by atoms with Crippen molar-refractivity contribution in [3.63, 3.8) is 0 Å². The molecule has 1 heterocycles. The van der Waals surface area contributed by atoms with Crippen LogP contribution in [0.4, 0.5) is 0 Å². The Morgan fingerprint density at radius 1 is 1.16 bits per heavy atom. The Balaban J connectivity index is 2.71. The fraction of sp³-hybridized carbons (Fsp3) is 0.278. The number of hydrogen-bond donors (Lipinski definition) is 2. The third kappa shape index (κ3) is 3.30. The van der Waals surface area contributed by atoms with Crippen molar-refractivity contribution >= 4 is 29.3 Å². The van der Waals surface area contributed by atoms with Crippen molar-refractivity contribution in [2.24, 2.45) is 7.05 Å². The van der Waals surface area contributed by atoms with Gasteiger partial charge in [0.2, 0.25) is 5.78 Å². The minimum atomic E-state index is -1.25. The number of nitrogens with zero attached hydrogens (tertiary/aromatic N) is 1. The molecular weight excluding hydrogens is 346 g/mol. The number of carbonyl (C=O) groups is 3. The summed E-state index contributed by atoms with van der Waals surface area (Å²) in [6.07, 6.45) is 0.210. The monoisotopic (exact) mass is 363 g/mol. The van der Waals surface area contributed by atoms with E-state index in [0.717, 1.165) is 0 Å². The summed E-state index contributed by atoms with van der Waals surface area (Å²) in [6.45, 7) is 3.18. The molecular formula is C18H18ClNO5. The van der Waals surface area contributed by atoms with Crippen molar-refractivity contribution in [3.8, 4) is 0 Å². The molecule has 2 aromatic rings. The number of hydrogen-bond acceptors (Lipinski definition) is 3. The van der Waals surface area contributed by atoms with Gasteiger partial charge in [-0.3, -0.25) is 9.59 Å². The SMILES string of the molecule is CCC(C(=O)O)c1c(C(=O)O)c(C)c(C(=O)c2ccc(Cl)cc2)n1C. The van der Waals surface area contributed by atoms with E-state index in [1.807, 2.05) is 0 Å². The molecule has 132 valence electrons. The number of halogens is 1. The maximum atomic E-state index is 12.9. The van der Waals surface area contributed by atoms with Crippen molar-refractivity contribution in [2.45, 2.75) is 26.2 Å². The zero-order valence-electron chi connectivity index (χ0n) is 14.0. The van der Waals surface area contributed by atoms with Crippen LogP contribution in [-0.2, 0) is 11.8 Å². The van der Waals surface area contributed by atoms with Gasteiger partial charge in [-0.1, -0.05) is 18.5 Å². The fourth-order valence-electron chi connectivity index (χ4n) is 3.07. The van der Waals surface area contributed by atoms with Crippen LogP contribution in [0, 0.1) is 6.92 Å². The Hall–Kier alpha value is -2.60. The average Bonchev–Trinajstić information content (AvgIpc) is 2.79. The van der Waals surface area contributed by atoms with Crippen molar-refractivity contribution in [1.82, 2.24) is 4.57 Å². The Kier molecular flexibility index (Phi) is 5.33. The Morgan fingerprint density at radius 3 is 2.16 bits per heavy atom. The highest BCUT2D eigenvalue weighted by molar-refractivity contribution is 6.30. The van der Waals surface area contributed by atoms with Crippen LogP contribution in [0.5, 0.6) is 0 Å². The van der Waals surface area contributed by atoms with Gasteiger partial charge >= 0.3 is 11.9 Å². The molecule has 25 heavy (non-hydrogen) atoms. The molecule has 0 aliphatic carbocycles. The summed E-state index contributed by atoms with van der Waals surface area (Å²) in [5, 5.41) is 19.5. The topological polar surface area (TPSA) is 96.6 Å². The number of aromatic carboxylic acids is 1. The van der Waals surface area contributed by atoms with Crippen molar-refractivity contribution in [1.29, 1.82) is 0 Å². The van der Waals surface area contributed by atoms with Gasteiger partial charge in [0.15, 0.2) is 0 Å². The zero-order chi connectivity index (χ0) is 18.9. The molecule has 0 bridgehead atoms. The maximum Gasteiger partial charge on any atom is 0.337 e. The minimum Gasteiger partial charge on any atom is -0.481 e. The van der Waals surface area contributed by atoms with Crippen LogP contribution in [0.15, 0.2) is 24.3 Å². The summed E-state index contributed by atoms with van der Waals surface area (Å²) >= 11 is 5.83. The summed E-state index contributed by atoms with van der Waals surface area (Å²) in [6, 6.07) is 6.23. The molecule has 1 atom stereocenters. The molecule has 0 spiro atoms. The molecule has 0 saturated carbocycles. The fourth-order valence-corrected chi connectivity index (χ4v) is 3.20. The lowest BCUT2D eigenvalue weighted by molar-refractivity contribution is -0.139. The van der Waals surface area contributed by atoms with E-state index in [0.29, 0.717) is 10.6 Å².